The van der Waals surface area contributed by atoms with Gasteiger partial charge in [-0.15, -0.1) is 0 Å². The maximum Gasteiger partial charge on any atom is 0.157 e. The van der Waals surface area contributed by atoms with Crippen molar-refractivity contribution in [3.05, 3.63) is 18.0 Å². The van der Waals surface area contributed by atoms with Crippen LogP contribution in [0.5, 0.6) is 0 Å². The minimum absolute atomic E-state index is 0.238. The third-order valence-corrected chi connectivity index (χ3v) is 4.94. The average molecular weight is 291 g/mol. The number of carbonyl (C=O) groups excluding carboxylic acids is 1. The summed E-state index contributed by atoms with van der Waals surface area (Å²) in [4.78, 5) is 15.4. The van der Waals surface area contributed by atoms with Gasteiger partial charge in [0.2, 0.25) is 0 Å². The van der Waals surface area contributed by atoms with Gasteiger partial charge in [0.1, 0.15) is 0 Å². The lowest BCUT2D eigenvalue weighted by Gasteiger charge is -2.42. The van der Waals surface area contributed by atoms with Gasteiger partial charge in [-0.25, -0.2) is 0 Å². The first-order chi connectivity index (χ1) is 10.2. The van der Waals surface area contributed by atoms with E-state index in [1.165, 1.54) is 0 Å². The highest BCUT2D eigenvalue weighted by Crippen LogP contribution is 2.37. The number of nitrogens with zero attached hydrogens (tertiary/aromatic N) is 3. The van der Waals surface area contributed by atoms with Crippen LogP contribution in [0.2, 0.25) is 0 Å². The molecule has 116 valence electrons. The lowest BCUT2D eigenvalue weighted by molar-refractivity contribution is -0.133. The van der Waals surface area contributed by atoms with Crippen LogP contribution in [0.15, 0.2) is 12.4 Å². The summed E-state index contributed by atoms with van der Waals surface area (Å²) in [6.07, 6.45) is 8.69. The summed E-state index contributed by atoms with van der Waals surface area (Å²) < 4.78 is 7.34. The van der Waals surface area contributed by atoms with Gasteiger partial charge in [0.15, 0.2) is 5.78 Å². The van der Waals surface area contributed by atoms with Crippen LogP contribution >= 0.6 is 0 Å². The Hall–Kier alpha value is -1.20. The molecule has 21 heavy (non-hydrogen) atoms. The van der Waals surface area contributed by atoms with E-state index in [0.29, 0.717) is 12.2 Å². The molecule has 1 aromatic rings. The zero-order valence-electron chi connectivity index (χ0n) is 12.9. The molecule has 5 nitrogen and oxygen atoms in total. The van der Waals surface area contributed by atoms with Crippen LogP contribution in [0.25, 0.3) is 0 Å². The maximum atomic E-state index is 13.0. The largest absolute Gasteiger partial charge is 0.379 e. The monoisotopic (exact) mass is 291 g/mol. The third-order valence-electron chi connectivity index (χ3n) is 4.94. The Morgan fingerprint density at radius 1 is 1.33 bits per heavy atom. The van der Waals surface area contributed by atoms with E-state index in [1.54, 1.807) is 0 Å². The molecule has 2 aliphatic rings. The van der Waals surface area contributed by atoms with E-state index in [1.807, 2.05) is 17.1 Å². The van der Waals surface area contributed by atoms with Gasteiger partial charge in [-0.2, -0.15) is 5.10 Å². The van der Waals surface area contributed by atoms with E-state index in [4.69, 9.17) is 4.74 Å². The molecule has 1 aliphatic heterocycles. The van der Waals surface area contributed by atoms with Crippen molar-refractivity contribution in [3.8, 4) is 0 Å². The molecule has 0 bridgehead atoms. The topological polar surface area (TPSA) is 47.4 Å². The Morgan fingerprint density at radius 3 is 2.67 bits per heavy atom. The SMILES string of the molecule is CCn1cc(CC(=O)C2(N3CCOCC3)CCCC2)cn1. The Bertz CT molecular complexity index is 485. The fourth-order valence-electron chi connectivity index (χ4n) is 3.74. The second-order valence-electron chi connectivity index (χ2n) is 6.14. The first-order valence-electron chi connectivity index (χ1n) is 8.12. The van der Waals surface area contributed by atoms with Crippen molar-refractivity contribution < 1.29 is 9.53 Å². The molecule has 0 N–H and O–H groups in total. The van der Waals surface area contributed by atoms with Crippen LogP contribution < -0.4 is 0 Å². The predicted molar refractivity (Wildman–Crippen MR) is 80.2 cm³/mol. The quantitative estimate of drug-likeness (QED) is 0.828. The fourth-order valence-corrected chi connectivity index (χ4v) is 3.74. The molecule has 1 saturated heterocycles. The number of hydrogen-bond acceptors (Lipinski definition) is 4. The molecular weight excluding hydrogens is 266 g/mol. The van der Waals surface area contributed by atoms with Crippen molar-refractivity contribution in [1.29, 1.82) is 0 Å². The first-order valence-corrected chi connectivity index (χ1v) is 8.12. The van der Waals surface area contributed by atoms with Crippen LogP contribution in [-0.2, 0) is 22.5 Å². The molecule has 3 rings (SSSR count). The number of aromatic nitrogens is 2. The fraction of sp³-hybridized carbons (Fsp3) is 0.750. The van der Waals surface area contributed by atoms with Crippen molar-refractivity contribution >= 4 is 5.78 Å². The Morgan fingerprint density at radius 2 is 2.05 bits per heavy atom. The molecule has 1 saturated carbocycles. The lowest BCUT2D eigenvalue weighted by Crippen LogP contribution is -2.57. The number of aryl methyl sites for hydroxylation is 1. The predicted octanol–water partition coefficient (Wildman–Crippen LogP) is 1.66. The Balaban J connectivity index is 1.74. The van der Waals surface area contributed by atoms with Crippen LogP contribution in [0.1, 0.15) is 38.2 Å². The van der Waals surface area contributed by atoms with Gasteiger partial charge in [-0.1, -0.05) is 12.8 Å². The summed E-state index contributed by atoms with van der Waals surface area (Å²) in [5.74, 6) is 0.373. The van der Waals surface area contributed by atoms with Gasteiger partial charge in [0, 0.05) is 32.3 Å². The van der Waals surface area contributed by atoms with Crippen LogP contribution in [0.3, 0.4) is 0 Å². The summed E-state index contributed by atoms with van der Waals surface area (Å²) in [5, 5.41) is 4.28. The molecule has 2 heterocycles. The standard InChI is InChI=1S/C16H25N3O2/c1-2-19-13-14(12-17-19)11-15(20)16(5-3-4-6-16)18-7-9-21-10-8-18/h12-13H,2-11H2,1H3. The number of morpholine rings is 1. The molecule has 1 aromatic heterocycles. The first kappa shape index (κ1) is 14.7. The summed E-state index contributed by atoms with van der Waals surface area (Å²) in [6.45, 7) is 6.19. The van der Waals surface area contributed by atoms with Crippen molar-refractivity contribution in [1.82, 2.24) is 14.7 Å². The number of rotatable bonds is 5. The van der Waals surface area contributed by atoms with Crippen LogP contribution in [0, 0.1) is 0 Å². The van der Waals surface area contributed by atoms with Crippen LogP contribution in [-0.4, -0.2) is 52.3 Å². The molecular formula is C16H25N3O2. The number of Topliss-reactive ketones (excluding diaryl/α,β-unsaturated/α-hetero) is 1. The molecule has 5 heteroatoms. The van der Waals surface area contributed by atoms with Crippen molar-refractivity contribution in [3.63, 3.8) is 0 Å². The van der Waals surface area contributed by atoms with Gasteiger partial charge >= 0.3 is 0 Å². The van der Waals surface area contributed by atoms with E-state index >= 15 is 0 Å². The second kappa shape index (κ2) is 6.28. The van der Waals surface area contributed by atoms with Gasteiger partial charge in [-0.05, 0) is 25.3 Å². The summed E-state index contributed by atoms with van der Waals surface area (Å²) in [7, 11) is 0. The number of ketones is 1. The minimum Gasteiger partial charge on any atom is -0.379 e. The van der Waals surface area contributed by atoms with E-state index in [2.05, 4.69) is 16.9 Å². The Labute approximate surface area is 126 Å². The molecule has 0 atom stereocenters. The maximum absolute atomic E-state index is 13.0. The van der Waals surface area contributed by atoms with Gasteiger partial charge < -0.3 is 4.74 Å². The minimum atomic E-state index is -0.238. The summed E-state index contributed by atoms with van der Waals surface area (Å²) >= 11 is 0. The smallest absolute Gasteiger partial charge is 0.157 e. The summed E-state index contributed by atoms with van der Waals surface area (Å²) in [5.41, 5.74) is 0.805. The van der Waals surface area contributed by atoms with Crippen molar-refractivity contribution in [2.24, 2.45) is 0 Å². The lowest BCUT2D eigenvalue weighted by atomic mass is 9.86. The van der Waals surface area contributed by atoms with E-state index in [-0.39, 0.29) is 5.54 Å². The number of carbonyl (C=O) groups is 1. The van der Waals surface area contributed by atoms with Gasteiger partial charge in [-0.3, -0.25) is 14.4 Å². The van der Waals surface area contributed by atoms with E-state index in [9.17, 15) is 4.79 Å². The van der Waals surface area contributed by atoms with E-state index in [0.717, 1.165) is 64.1 Å². The van der Waals surface area contributed by atoms with Crippen LogP contribution in [0.4, 0.5) is 0 Å². The van der Waals surface area contributed by atoms with Gasteiger partial charge in [0.25, 0.3) is 0 Å². The summed E-state index contributed by atoms with van der Waals surface area (Å²) in [6, 6.07) is 0. The average Bonchev–Trinajstić information content (AvgIpc) is 3.18. The highest BCUT2D eigenvalue weighted by atomic mass is 16.5. The molecule has 0 spiro atoms. The molecule has 2 fully saturated rings. The molecule has 0 aromatic carbocycles. The normalized spacial score (nSPS) is 22.5. The highest BCUT2D eigenvalue weighted by molar-refractivity contribution is 5.90. The van der Waals surface area contributed by atoms with Gasteiger partial charge in [0.05, 0.1) is 24.9 Å². The zero-order chi connectivity index (χ0) is 14.7. The molecule has 1 aliphatic carbocycles. The van der Waals surface area contributed by atoms with Crippen molar-refractivity contribution in [2.45, 2.75) is 51.1 Å². The van der Waals surface area contributed by atoms with Crippen molar-refractivity contribution in [2.75, 3.05) is 26.3 Å². The molecule has 0 radical (unpaired) electrons. The Kier molecular flexibility index (Phi) is 4.40. The zero-order valence-corrected chi connectivity index (χ0v) is 12.9. The molecule has 0 unspecified atom stereocenters. The highest BCUT2D eigenvalue weighted by Gasteiger charge is 2.45. The number of hydrogen-bond donors (Lipinski definition) is 0. The molecule has 0 amide bonds. The third kappa shape index (κ3) is 2.90. The second-order valence-corrected chi connectivity index (χ2v) is 6.14. The van der Waals surface area contributed by atoms with E-state index < -0.39 is 0 Å². The number of ether oxygens (including phenoxy) is 1.